The van der Waals surface area contributed by atoms with E-state index >= 15 is 0 Å². The first-order chi connectivity index (χ1) is 12.9. The highest BCUT2D eigenvalue weighted by Crippen LogP contribution is 2.25. The van der Waals surface area contributed by atoms with Crippen LogP contribution in [0.3, 0.4) is 0 Å². The highest BCUT2D eigenvalue weighted by molar-refractivity contribution is 7.89. The summed E-state index contributed by atoms with van der Waals surface area (Å²) in [7, 11) is -1.73. The Kier molecular flexibility index (Phi) is 4.31. The van der Waals surface area contributed by atoms with Crippen LogP contribution in [0.25, 0.3) is 11.2 Å². The normalized spacial score (nSPS) is 16.2. The number of aromatic nitrogens is 5. The number of rotatable bonds is 3. The first kappa shape index (κ1) is 17.8. The van der Waals surface area contributed by atoms with Gasteiger partial charge in [0.1, 0.15) is 6.33 Å². The van der Waals surface area contributed by atoms with Crippen LogP contribution in [0, 0.1) is 13.8 Å². The van der Waals surface area contributed by atoms with Gasteiger partial charge in [-0.3, -0.25) is 0 Å². The molecule has 3 heterocycles. The molecule has 10 heteroatoms. The van der Waals surface area contributed by atoms with Crippen molar-refractivity contribution in [2.45, 2.75) is 18.7 Å². The molecule has 0 saturated carbocycles. The Balaban J connectivity index is 1.56. The van der Waals surface area contributed by atoms with E-state index in [2.05, 4.69) is 20.3 Å². The van der Waals surface area contributed by atoms with Gasteiger partial charge in [-0.25, -0.2) is 23.1 Å². The molecule has 0 atom stereocenters. The quantitative estimate of drug-likeness (QED) is 0.658. The minimum atomic E-state index is -3.51. The monoisotopic (exact) mass is 387 g/mol. The van der Waals surface area contributed by atoms with E-state index < -0.39 is 10.0 Å². The van der Waals surface area contributed by atoms with Gasteiger partial charge in [0, 0.05) is 33.2 Å². The molecular formula is C17H21N7O2S. The molecule has 142 valence electrons. The zero-order valence-electron chi connectivity index (χ0n) is 15.5. The molecule has 1 aliphatic heterocycles. The van der Waals surface area contributed by atoms with Crippen LogP contribution in [0.2, 0.25) is 0 Å². The topological polar surface area (TPSA) is 97.1 Å². The lowest BCUT2D eigenvalue weighted by atomic mass is 10.2. The number of hydrogen-bond acceptors (Lipinski definition) is 7. The number of anilines is 1. The number of hydrogen-bond donors (Lipinski definition) is 0. The van der Waals surface area contributed by atoms with Crippen molar-refractivity contribution in [1.82, 2.24) is 29.3 Å². The molecule has 0 spiro atoms. The molecule has 3 aromatic rings. The van der Waals surface area contributed by atoms with Crippen molar-refractivity contribution in [1.29, 1.82) is 0 Å². The molecule has 0 bridgehead atoms. The van der Waals surface area contributed by atoms with Gasteiger partial charge in [0.15, 0.2) is 17.0 Å². The molecule has 0 amide bonds. The predicted octanol–water partition coefficient (Wildman–Crippen LogP) is 0.886. The van der Waals surface area contributed by atoms with Gasteiger partial charge in [0.2, 0.25) is 10.0 Å². The summed E-state index contributed by atoms with van der Waals surface area (Å²) >= 11 is 0. The van der Waals surface area contributed by atoms with Crippen molar-refractivity contribution in [2.75, 3.05) is 31.1 Å². The standard InChI is InChI=1S/C17H21N7O2S/c1-12-4-5-14(13(2)10-12)27(25,26)24-8-6-23(7-9-24)17-15-16(18-11-19-17)22(3)21-20-15/h4-5,10-11H,6-9H2,1-3H3. The maximum Gasteiger partial charge on any atom is 0.243 e. The number of sulfonamides is 1. The van der Waals surface area contributed by atoms with Crippen molar-refractivity contribution >= 4 is 27.0 Å². The highest BCUT2D eigenvalue weighted by atomic mass is 32.2. The van der Waals surface area contributed by atoms with E-state index in [1.807, 2.05) is 30.9 Å². The lowest BCUT2D eigenvalue weighted by molar-refractivity contribution is 0.384. The molecule has 1 aliphatic rings. The van der Waals surface area contributed by atoms with Gasteiger partial charge in [0.25, 0.3) is 0 Å². The maximum absolute atomic E-state index is 13.0. The second-order valence-corrected chi connectivity index (χ2v) is 8.65. The molecule has 0 radical (unpaired) electrons. The Morgan fingerprint density at radius 3 is 2.48 bits per heavy atom. The first-order valence-electron chi connectivity index (χ1n) is 8.70. The van der Waals surface area contributed by atoms with E-state index in [9.17, 15) is 8.42 Å². The minimum absolute atomic E-state index is 0.375. The highest BCUT2D eigenvalue weighted by Gasteiger charge is 2.30. The predicted molar refractivity (Wildman–Crippen MR) is 101 cm³/mol. The van der Waals surface area contributed by atoms with E-state index in [1.165, 1.54) is 10.6 Å². The van der Waals surface area contributed by atoms with Crippen LogP contribution in [0.4, 0.5) is 5.82 Å². The lowest BCUT2D eigenvalue weighted by Gasteiger charge is -2.34. The van der Waals surface area contributed by atoms with Crippen LogP contribution in [-0.4, -0.2) is 63.9 Å². The van der Waals surface area contributed by atoms with Crippen LogP contribution in [0.1, 0.15) is 11.1 Å². The molecule has 1 saturated heterocycles. The largest absolute Gasteiger partial charge is 0.352 e. The number of benzene rings is 1. The molecule has 0 N–H and O–H groups in total. The average molecular weight is 387 g/mol. The summed E-state index contributed by atoms with van der Waals surface area (Å²) in [6, 6.07) is 5.43. The summed E-state index contributed by atoms with van der Waals surface area (Å²) < 4.78 is 29.2. The zero-order chi connectivity index (χ0) is 19.2. The van der Waals surface area contributed by atoms with Crippen LogP contribution >= 0.6 is 0 Å². The van der Waals surface area contributed by atoms with Crippen LogP contribution in [0.15, 0.2) is 29.4 Å². The molecule has 4 rings (SSSR count). The number of fused-ring (bicyclic) bond motifs is 1. The molecule has 0 unspecified atom stereocenters. The summed E-state index contributed by atoms with van der Waals surface area (Å²) in [4.78, 5) is 11.0. The smallest absolute Gasteiger partial charge is 0.243 e. The lowest BCUT2D eigenvalue weighted by Crippen LogP contribution is -2.49. The summed E-state index contributed by atoms with van der Waals surface area (Å²) in [6.07, 6.45) is 1.49. The molecule has 27 heavy (non-hydrogen) atoms. The van der Waals surface area contributed by atoms with Crippen molar-refractivity contribution in [3.05, 3.63) is 35.7 Å². The fourth-order valence-corrected chi connectivity index (χ4v) is 5.07. The van der Waals surface area contributed by atoms with Gasteiger partial charge in [-0.2, -0.15) is 4.31 Å². The van der Waals surface area contributed by atoms with Crippen molar-refractivity contribution in [2.24, 2.45) is 7.05 Å². The van der Waals surface area contributed by atoms with Gasteiger partial charge < -0.3 is 4.90 Å². The second-order valence-electron chi connectivity index (χ2n) is 6.74. The van der Waals surface area contributed by atoms with E-state index in [0.29, 0.717) is 48.1 Å². The van der Waals surface area contributed by atoms with Crippen molar-refractivity contribution in [3.63, 3.8) is 0 Å². The van der Waals surface area contributed by atoms with Gasteiger partial charge in [-0.05, 0) is 25.5 Å². The summed E-state index contributed by atoms with van der Waals surface area (Å²) in [5.41, 5.74) is 3.11. The molecule has 1 aromatic carbocycles. The van der Waals surface area contributed by atoms with Crippen LogP contribution < -0.4 is 4.90 Å². The Morgan fingerprint density at radius 1 is 1.04 bits per heavy atom. The zero-order valence-corrected chi connectivity index (χ0v) is 16.3. The van der Waals surface area contributed by atoms with E-state index in [0.717, 1.165) is 11.1 Å². The fourth-order valence-electron chi connectivity index (χ4n) is 3.44. The summed E-state index contributed by atoms with van der Waals surface area (Å²) in [5, 5.41) is 8.14. The molecule has 1 fully saturated rings. The van der Waals surface area contributed by atoms with Gasteiger partial charge in [-0.15, -0.1) is 5.10 Å². The maximum atomic E-state index is 13.0. The van der Waals surface area contributed by atoms with Crippen LogP contribution in [-0.2, 0) is 17.1 Å². The SMILES string of the molecule is Cc1ccc(S(=O)(=O)N2CCN(c3ncnc4c3nnn4C)CC2)c(C)c1. The number of nitrogens with zero attached hydrogens (tertiary/aromatic N) is 7. The second kappa shape index (κ2) is 6.54. The summed E-state index contributed by atoms with van der Waals surface area (Å²) in [5.74, 6) is 0.691. The summed E-state index contributed by atoms with van der Waals surface area (Å²) in [6.45, 7) is 5.64. The third-order valence-corrected chi connectivity index (χ3v) is 6.91. The minimum Gasteiger partial charge on any atom is -0.352 e. The average Bonchev–Trinajstić information content (AvgIpc) is 3.03. The van der Waals surface area contributed by atoms with Gasteiger partial charge in [0.05, 0.1) is 4.90 Å². The first-order valence-corrected chi connectivity index (χ1v) is 10.1. The Labute approximate surface area is 157 Å². The van der Waals surface area contributed by atoms with Gasteiger partial charge >= 0.3 is 0 Å². The molecule has 9 nitrogen and oxygen atoms in total. The molecule has 2 aromatic heterocycles. The van der Waals surface area contributed by atoms with E-state index in [1.54, 1.807) is 17.8 Å². The van der Waals surface area contributed by atoms with Gasteiger partial charge in [-0.1, -0.05) is 22.9 Å². The van der Waals surface area contributed by atoms with E-state index in [-0.39, 0.29) is 0 Å². The Bertz CT molecular complexity index is 1100. The Hall–Kier alpha value is -2.59. The number of piperazine rings is 1. The van der Waals surface area contributed by atoms with Crippen LogP contribution in [0.5, 0.6) is 0 Å². The third kappa shape index (κ3) is 3.04. The molecular weight excluding hydrogens is 366 g/mol. The van der Waals surface area contributed by atoms with Crippen molar-refractivity contribution in [3.8, 4) is 0 Å². The fraction of sp³-hybridized carbons (Fsp3) is 0.412. The Morgan fingerprint density at radius 2 is 1.78 bits per heavy atom. The van der Waals surface area contributed by atoms with E-state index in [4.69, 9.17) is 0 Å². The van der Waals surface area contributed by atoms with Crippen molar-refractivity contribution < 1.29 is 8.42 Å². The third-order valence-electron chi connectivity index (χ3n) is 4.86. The number of aryl methyl sites for hydroxylation is 3. The molecule has 0 aliphatic carbocycles.